The number of rotatable bonds is 8. The number of ether oxygens (including phenoxy) is 1. The summed E-state index contributed by atoms with van der Waals surface area (Å²) in [5.74, 6) is 0.402. The highest BCUT2D eigenvalue weighted by atomic mass is 32.2. The van der Waals surface area contributed by atoms with Crippen molar-refractivity contribution in [1.82, 2.24) is 5.32 Å². The molecule has 0 fully saturated rings. The molecule has 0 bridgehead atoms. The molecule has 0 atom stereocenters. The lowest BCUT2D eigenvalue weighted by molar-refractivity contribution is -0.116. The summed E-state index contributed by atoms with van der Waals surface area (Å²) in [4.78, 5) is 11.6. The molecule has 0 aliphatic heterocycles. The van der Waals surface area contributed by atoms with Crippen LogP contribution in [0.1, 0.15) is 6.42 Å². The average Bonchev–Trinajstić information content (AvgIpc) is 2.35. The van der Waals surface area contributed by atoms with Crippen molar-refractivity contribution >= 4 is 21.4 Å². The second-order valence-corrected chi connectivity index (χ2v) is 6.67. The molecule has 0 aliphatic carbocycles. The molecule has 1 aromatic rings. The summed E-state index contributed by atoms with van der Waals surface area (Å²) < 4.78 is 27.3. The van der Waals surface area contributed by atoms with E-state index < -0.39 is 9.84 Å². The molecule has 7 heteroatoms. The maximum absolute atomic E-state index is 11.6. The van der Waals surface area contributed by atoms with Crippen molar-refractivity contribution < 1.29 is 17.9 Å². The molecule has 0 unspecified atom stereocenters. The molecule has 1 aromatic carbocycles. The van der Waals surface area contributed by atoms with Crippen LogP contribution in [-0.2, 0) is 14.6 Å². The number of amides is 1. The summed E-state index contributed by atoms with van der Waals surface area (Å²) in [5, 5.41) is 5.64. The van der Waals surface area contributed by atoms with E-state index in [1.54, 1.807) is 31.3 Å². The van der Waals surface area contributed by atoms with Crippen molar-refractivity contribution in [2.24, 2.45) is 0 Å². The smallest absolute Gasteiger partial charge is 0.225 e. The van der Waals surface area contributed by atoms with E-state index in [2.05, 4.69) is 10.6 Å². The summed E-state index contributed by atoms with van der Waals surface area (Å²) in [6.45, 7) is 0.701. The highest BCUT2D eigenvalue weighted by Gasteiger charge is 2.05. The van der Waals surface area contributed by atoms with Gasteiger partial charge in [0.05, 0.1) is 5.75 Å². The van der Waals surface area contributed by atoms with Crippen molar-refractivity contribution in [1.29, 1.82) is 0 Å². The quantitative estimate of drug-likeness (QED) is 0.736. The van der Waals surface area contributed by atoms with Crippen molar-refractivity contribution in [3.63, 3.8) is 0 Å². The highest BCUT2D eigenvalue weighted by molar-refractivity contribution is 7.90. The number of nitrogens with one attached hydrogen (secondary N) is 2. The van der Waals surface area contributed by atoms with Gasteiger partial charge >= 0.3 is 0 Å². The molecule has 1 rings (SSSR count). The number of carbonyl (C=O) groups is 1. The van der Waals surface area contributed by atoms with Gasteiger partial charge in [0.1, 0.15) is 12.4 Å². The number of hydrogen-bond donors (Lipinski definition) is 2. The molecule has 112 valence electrons. The van der Waals surface area contributed by atoms with E-state index in [1.807, 2.05) is 0 Å². The second kappa shape index (κ2) is 7.86. The summed E-state index contributed by atoms with van der Waals surface area (Å²) in [6, 6.07) is 6.87. The molecule has 0 saturated heterocycles. The van der Waals surface area contributed by atoms with Crippen LogP contribution in [0.25, 0.3) is 0 Å². The molecule has 0 aliphatic rings. The van der Waals surface area contributed by atoms with Crippen molar-refractivity contribution in [3.8, 4) is 5.75 Å². The van der Waals surface area contributed by atoms with Crippen LogP contribution in [0.2, 0.25) is 0 Å². The van der Waals surface area contributed by atoms with Gasteiger partial charge in [0.25, 0.3) is 0 Å². The highest BCUT2D eigenvalue weighted by Crippen LogP contribution is 2.17. The van der Waals surface area contributed by atoms with Gasteiger partial charge in [-0.2, -0.15) is 0 Å². The Labute approximate surface area is 119 Å². The van der Waals surface area contributed by atoms with Crippen molar-refractivity contribution in [2.75, 3.05) is 37.5 Å². The van der Waals surface area contributed by atoms with Crippen LogP contribution >= 0.6 is 0 Å². The Bertz CT molecular complexity index is 543. The largest absolute Gasteiger partial charge is 0.492 e. The molecule has 1 amide bonds. The third-order valence-corrected chi connectivity index (χ3v) is 3.35. The summed E-state index contributed by atoms with van der Waals surface area (Å²) in [6.07, 6.45) is 1.55. The fraction of sp³-hybridized carbons (Fsp3) is 0.462. The van der Waals surface area contributed by atoms with Crippen LogP contribution in [0.15, 0.2) is 24.3 Å². The summed E-state index contributed by atoms with van der Waals surface area (Å²) in [7, 11) is -1.25. The fourth-order valence-electron chi connectivity index (χ4n) is 1.44. The van der Waals surface area contributed by atoms with Crippen LogP contribution in [0, 0.1) is 0 Å². The van der Waals surface area contributed by atoms with Crippen LogP contribution in [-0.4, -0.2) is 46.5 Å². The first-order valence-electron chi connectivity index (χ1n) is 6.26. The summed E-state index contributed by atoms with van der Waals surface area (Å²) >= 11 is 0. The fourth-order valence-corrected chi connectivity index (χ4v) is 1.82. The first-order valence-corrected chi connectivity index (χ1v) is 8.32. The van der Waals surface area contributed by atoms with Crippen LogP contribution in [0.3, 0.4) is 0 Å². The number of anilines is 1. The number of carbonyl (C=O) groups excluding carboxylic acids is 1. The van der Waals surface area contributed by atoms with E-state index in [1.165, 1.54) is 0 Å². The zero-order valence-corrected chi connectivity index (χ0v) is 12.5. The Kier molecular flexibility index (Phi) is 6.47. The van der Waals surface area contributed by atoms with E-state index in [0.29, 0.717) is 24.4 Å². The Morgan fingerprint density at radius 3 is 2.75 bits per heavy atom. The molecule has 0 aromatic heterocycles. The van der Waals surface area contributed by atoms with Gasteiger partial charge in [0, 0.05) is 31.0 Å². The van der Waals surface area contributed by atoms with Crippen LogP contribution in [0.4, 0.5) is 5.69 Å². The third-order valence-electron chi connectivity index (χ3n) is 2.44. The Balaban J connectivity index is 2.51. The lowest BCUT2D eigenvalue weighted by Crippen LogP contribution is -2.18. The average molecular weight is 300 g/mol. The van der Waals surface area contributed by atoms with Gasteiger partial charge in [-0.1, -0.05) is 6.07 Å². The van der Waals surface area contributed by atoms with E-state index in [-0.39, 0.29) is 18.3 Å². The lowest BCUT2D eigenvalue weighted by atomic mass is 10.3. The molecular weight excluding hydrogens is 280 g/mol. The molecular formula is C13H20N2O4S. The Morgan fingerprint density at radius 1 is 1.35 bits per heavy atom. The number of sulfone groups is 1. The van der Waals surface area contributed by atoms with Gasteiger partial charge in [0.15, 0.2) is 9.84 Å². The maximum atomic E-state index is 11.6. The number of benzene rings is 1. The normalized spacial score (nSPS) is 11.1. The molecule has 2 N–H and O–H groups in total. The standard InChI is InChI=1S/C13H20N2O4S/c1-14-7-6-13(16)15-11-4-3-5-12(10-11)19-8-9-20(2,17)18/h3-5,10,14H,6-9H2,1-2H3,(H,15,16). The molecule has 6 nitrogen and oxygen atoms in total. The SMILES string of the molecule is CNCCC(=O)Nc1cccc(OCCS(C)(=O)=O)c1. The van der Waals surface area contributed by atoms with E-state index in [0.717, 1.165) is 6.26 Å². The van der Waals surface area contributed by atoms with Crippen LogP contribution in [0.5, 0.6) is 5.75 Å². The van der Waals surface area contributed by atoms with Gasteiger partial charge in [-0.3, -0.25) is 4.79 Å². The maximum Gasteiger partial charge on any atom is 0.225 e. The zero-order valence-electron chi connectivity index (χ0n) is 11.7. The molecule has 0 heterocycles. The minimum absolute atomic E-state index is 0.0360. The minimum atomic E-state index is -3.04. The van der Waals surface area contributed by atoms with Crippen molar-refractivity contribution in [2.45, 2.75) is 6.42 Å². The summed E-state index contributed by atoms with van der Waals surface area (Å²) in [5.41, 5.74) is 0.628. The predicted octanol–water partition coefficient (Wildman–Crippen LogP) is 0.658. The Hall–Kier alpha value is -1.60. The lowest BCUT2D eigenvalue weighted by Gasteiger charge is -2.09. The van der Waals surface area contributed by atoms with Gasteiger partial charge in [-0.15, -0.1) is 0 Å². The van der Waals surface area contributed by atoms with E-state index in [9.17, 15) is 13.2 Å². The van der Waals surface area contributed by atoms with Crippen molar-refractivity contribution in [3.05, 3.63) is 24.3 Å². The molecule has 0 radical (unpaired) electrons. The Morgan fingerprint density at radius 2 is 2.10 bits per heavy atom. The van der Waals surface area contributed by atoms with Crippen LogP contribution < -0.4 is 15.4 Å². The number of hydrogen-bond acceptors (Lipinski definition) is 5. The second-order valence-electron chi connectivity index (χ2n) is 4.41. The monoisotopic (exact) mass is 300 g/mol. The van der Waals surface area contributed by atoms with Gasteiger partial charge in [-0.05, 0) is 19.2 Å². The first-order chi connectivity index (χ1) is 9.40. The zero-order chi connectivity index (χ0) is 15.0. The third kappa shape index (κ3) is 7.10. The van der Waals surface area contributed by atoms with E-state index >= 15 is 0 Å². The van der Waals surface area contributed by atoms with Gasteiger partial charge in [-0.25, -0.2) is 8.42 Å². The van der Waals surface area contributed by atoms with Gasteiger partial charge < -0.3 is 15.4 Å². The topological polar surface area (TPSA) is 84.5 Å². The first kappa shape index (κ1) is 16.5. The minimum Gasteiger partial charge on any atom is -0.492 e. The predicted molar refractivity (Wildman–Crippen MR) is 78.8 cm³/mol. The molecule has 20 heavy (non-hydrogen) atoms. The van der Waals surface area contributed by atoms with Gasteiger partial charge in [0.2, 0.25) is 5.91 Å². The van der Waals surface area contributed by atoms with E-state index in [4.69, 9.17) is 4.74 Å². The molecule has 0 spiro atoms. The molecule has 0 saturated carbocycles.